The SMILES string of the molecule is COc1ccc(C(C)C)cc1C(=O)NCCN1CCOCC1. The van der Waals surface area contributed by atoms with Gasteiger partial charge in [0.1, 0.15) is 5.75 Å². The lowest BCUT2D eigenvalue weighted by molar-refractivity contribution is 0.0383. The Hall–Kier alpha value is -1.59. The molecule has 0 bridgehead atoms. The quantitative estimate of drug-likeness (QED) is 0.872. The number of hydrogen-bond acceptors (Lipinski definition) is 4. The van der Waals surface area contributed by atoms with Crippen LogP contribution in [0.15, 0.2) is 18.2 Å². The van der Waals surface area contributed by atoms with Crippen LogP contribution in [0, 0.1) is 0 Å². The largest absolute Gasteiger partial charge is 0.496 e. The number of benzene rings is 1. The molecule has 1 saturated heterocycles. The minimum Gasteiger partial charge on any atom is -0.496 e. The highest BCUT2D eigenvalue weighted by Crippen LogP contribution is 2.24. The Morgan fingerprint density at radius 1 is 1.36 bits per heavy atom. The first-order valence-electron chi connectivity index (χ1n) is 7.88. The highest BCUT2D eigenvalue weighted by molar-refractivity contribution is 5.97. The van der Waals surface area contributed by atoms with Gasteiger partial charge in [0.15, 0.2) is 0 Å². The van der Waals surface area contributed by atoms with E-state index in [4.69, 9.17) is 9.47 Å². The molecular weight excluding hydrogens is 280 g/mol. The second-order valence-corrected chi connectivity index (χ2v) is 5.82. The number of amides is 1. The number of hydrogen-bond donors (Lipinski definition) is 1. The van der Waals surface area contributed by atoms with Crippen LogP contribution in [-0.4, -0.2) is 57.3 Å². The Labute approximate surface area is 132 Å². The van der Waals surface area contributed by atoms with E-state index in [1.165, 1.54) is 0 Å². The summed E-state index contributed by atoms with van der Waals surface area (Å²) in [6.07, 6.45) is 0. The molecule has 5 nitrogen and oxygen atoms in total. The molecule has 1 amide bonds. The van der Waals surface area contributed by atoms with Gasteiger partial charge < -0.3 is 14.8 Å². The van der Waals surface area contributed by atoms with E-state index in [9.17, 15) is 4.79 Å². The van der Waals surface area contributed by atoms with Crippen molar-refractivity contribution in [1.82, 2.24) is 10.2 Å². The van der Waals surface area contributed by atoms with Crippen molar-refractivity contribution in [2.45, 2.75) is 19.8 Å². The van der Waals surface area contributed by atoms with Crippen LogP contribution in [0.1, 0.15) is 35.7 Å². The van der Waals surface area contributed by atoms with E-state index < -0.39 is 0 Å². The minimum absolute atomic E-state index is 0.0763. The van der Waals surface area contributed by atoms with Crippen LogP contribution in [0.4, 0.5) is 0 Å². The van der Waals surface area contributed by atoms with Crippen molar-refractivity contribution in [1.29, 1.82) is 0 Å². The minimum atomic E-state index is -0.0763. The first-order valence-corrected chi connectivity index (χ1v) is 7.88. The van der Waals surface area contributed by atoms with Crippen LogP contribution in [-0.2, 0) is 4.74 Å². The number of ether oxygens (including phenoxy) is 2. The lowest BCUT2D eigenvalue weighted by Crippen LogP contribution is -2.41. The number of carbonyl (C=O) groups is 1. The van der Waals surface area contributed by atoms with Crippen molar-refractivity contribution in [2.24, 2.45) is 0 Å². The fourth-order valence-electron chi connectivity index (χ4n) is 2.51. The van der Waals surface area contributed by atoms with Gasteiger partial charge in [0.2, 0.25) is 0 Å². The summed E-state index contributed by atoms with van der Waals surface area (Å²) >= 11 is 0. The molecular formula is C17H26N2O3. The van der Waals surface area contributed by atoms with Gasteiger partial charge in [0.25, 0.3) is 5.91 Å². The van der Waals surface area contributed by atoms with E-state index in [2.05, 4.69) is 24.1 Å². The number of morpholine rings is 1. The van der Waals surface area contributed by atoms with Crippen molar-refractivity contribution < 1.29 is 14.3 Å². The smallest absolute Gasteiger partial charge is 0.255 e. The maximum atomic E-state index is 12.4. The average Bonchev–Trinajstić information content (AvgIpc) is 2.55. The summed E-state index contributed by atoms with van der Waals surface area (Å²) in [5, 5.41) is 2.99. The van der Waals surface area contributed by atoms with Crippen LogP contribution in [0.25, 0.3) is 0 Å². The molecule has 1 fully saturated rings. The zero-order chi connectivity index (χ0) is 15.9. The van der Waals surface area contributed by atoms with E-state index in [1.807, 2.05) is 18.2 Å². The highest BCUT2D eigenvalue weighted by Gasteiger charge is 2.15. The third-order valence-electron chi connectivity index (χ3n) is 3.95. The third-order valence-corrected chi connectivity index (χ3v) is 3.95. The van der Waals surface area contributed by atoms with Crippen LogP contribution < -0.4 is 10.1 Å². The Kier molecular flexibility index (Phi) is 6.21. The topological polar surface area (TPSA) is 50.8 Å². The molecule has 0 saturated carbocycles. The summed E-state index contributed by atoms with van der Waals surface area (Å²) in [6.45, 7) is 9.12. The van der Waals surface area contributed by atoms with Crippen molar-refractivity contribution in [3.63, 3.8) is 0 Å². The molecule has 0 unspecified atom stereocenters. The van der Waals surface area contributed by atoms with Crippen LogP contribution in [0.3, 0.4) is 0 Å². The molecule has 1 aromatic carbocycles. The Morgan fingerprint density at radius 2 is 2.09 bits per heavy atom. The average molecular weight is 306 g/mol. The molecule has 22 heavy (non-hydrogen) atoms. The van der Waals surface area contributed by atoms with Gasteiger partial charge in [0, 0.05) is 26.2 Å². The van der Waals surface area contributed by atoms with Crippen LogP contribution in [0.2, 0.25) is 0 Å². The van der Waals surface area contributed by atoms with Crippen LogP contribution in [0.5, 0.6) is 5.75 Å². The molecule has 1 N–H and O–H groups in total. The fraction of sp³-hybridized carbons (Fsp3) is 0.588. The molecule has 0 radical (unpaired) electrons. The van der Waals surface area contributed by atoms with Gasteiger partial charge in [-0.2, -0.15) is 0 Å². The molecule has 1 aromatic rings. The maximum absolute atomic E-state index is 12.4. The summed E-state index contributed by atoms with van der Waals surface area (Å²) in [5.74, 6) is 0.923. The number of methoxy groups -OCH3 is 1. The van der Waals surface area contributed by atoms with E-state index in [0.29, 0.717) is 23.8 Å². The molecule has 5 heteroatoms. The number of rotatable bonds is 6. The maximum Gasteiger partial charge on any atom is 0.255 e. The fourth-order valence-corrected chi connectivity index (χ4v) is 2.51. The zero-order valence-corrected chi connectivity index (χ0v) is 13.7. The predicted octanol–water partition coefficient (Wildman–Crippen LogP) is 1.88. The molecule has 0 spiro atoms. The second-order valence-electron chi connectivity index (χ2n) is 5.82. The van der Waals surface area contributed by atoms with Gasteiger partial charge in [-0.05, 0) is 23.6 Å². The summed E-state index contributed by atoms with van der Waals surface area (Å²) in [4.78, 5) is 14.7. The number of carbonyl (C=O) groups excluding carboxylic acids is 1. The molecule has 2 rings (SSSR count). The highest BCUT2D eigenvalue weighted by atomic mass is 16.5. The van der Waals surface area contributed by atoms with Crippen molar-refractivity contribution in [3.05, 3.63) is 29.3 Å². The molecule has 0 atom stereocenters. The van der Waals surface area contributed by atoms with E-state index in [1.54, 1.807) is 7.11 Å². The number of nitrogens with zero attached hydrogens (tertiary/aromatic N) is 1. The summed E-state index contributed by atoms with van der Waals surface area (Å²) in [6, 6.07) is 5.80. The standard InChI is InChI=1S/C17H26N2O3/c1-13(2)14-4-5-16(21-3)15(12-14)17(20)18-6-7-19-8-10-22-11-9-19/h4-5,12-13H,6-11H2,1-3H3,(H,18,20). The van der Waals surface area contributed by atoms with Gasteiger partial charge in [-0.25, -0.2) is 0 Å². The third kappa shape index (κ3) is 4.45. The molecule has 0 aliphatic carbocycles. The zero-order valence-electron chi connectivity index (χ0n) is 13.7. The summed E-state index contributed by atoms with van der Waals surface area (Å²) in [5.41, 5.74) is 1.75. The lowest BCUT2D eigenvalue weighted by atomic mass is 10.00. The van der Waals surface area contributed by atoms with Crippen molar-refractivity contribution in [3.8, 4) is 5.75 Å². The molecule has 122 valence electrons. The van der Waals surface area contributed by atoms with Crippen molar-refractivity contribution >= 4 is 5.91 Å². The van der Waals surface area contributed by atoms with Crippen molar-refractivity contribution in [2.75, 3.05) is 46.5 Å². The molecule has 1 aliphatic rings. The first-order chi connectivity index (χ1) is 10.6. The molecule has 1 aliphatic heterocycles. The van der Waals surface area contributed by atoms with Gasteiger partial charge in [-0.3, -0.25) is 9.69 Å². The normalized spacial score (nSPS) is 15.8. The van der Waals surface area contributed by atoms with Gasteiger partial charge in [-0.1, -0.05) is 19.9 Å². The summed E-state index contributed by atoms with van der Waals surface area (Å²) in [7, 11) is 1.59. The second kappa shape index (κ2) is 8.15. The summed E-state index contributed by atoms with van der Waals surface area (Å²) < 4.78 is 10.6. The van der Waals surface area contributed by atoms with Gasteiger partial charge >= 0.3 is 0 Å². The Balaban J connectivity index is 1.94. The monoisotopic (exact) mass is 306 g/mol. The first kappa shape index (κ1) is 16.8. The number of nitrogens with one attached hydrogen (secondary N) is 1. The van der Waals surface area contributed by atoms with Gasteiger partial charge in [-0.15, -0.1) is 0 Å². The van der Waals surface area contributed by atoms with E-state index in [0.717, 1.165) is 38.4 Å². The van der Waals surface area contributed by atoms with Crippen LogP contribution >= 0.6 is 0 Å². The Bertz CT molecular complexity index is 497. The predicted molar refractivity (Wildman–Crippen MR) is 86.7 cm³/mol. The van der Waals surface area contributed by atoms with E-state index >= 15 is 0 Å². The van der Waals surface area contributed by atoms with E-state index in [-0.39, 0.29) is 5.91 Å². The van der Waals surface area contributed by atoms with Gasteiger partial charge in [0.05, 0.1) is 25.9 Å². The molecule has 1 heterocycles. The Morgan fingerprint density at radius 3 is 2.73 bits per heavy atom. The molecule has 0 aromatic heterocycles. The lowest BCUT2D eigenvalue weighted by Gasteiger charge is -2.26.